The first-order chi connectivity index (χ1) is 35.1. The molecule has 7 aromatic rings. The number of rotatable bonds is 14. The molecular weight excluding hydrogens is 929 g/mol. The maximum atomic E-state index is 13.6. The number of carbonyl (C=O) groups excluding carboxylic acids is 3. The van der Waals surface area contributed by atoms with E-state index in [2.05, 4.69) is 65.6 Å². The first-order valence-electron chi connectivity index (χ1n) is 25.1. The number of anilines is 3. The number of fused-ring (bicyclic) bond motifs is 3. The summed E-state index contributed by atoms with van der Waals surface area (Å²) < 4.78 is 9.11. The number of aromatic nitrogens is 4. The van der Waals surface area contributed by atoms with Crippen molar-refractivity contribution in [1.29, 1.82) is 0 Å². The number of para-hydroxylation sites is 1. The van der Waals surface area contributed by atoms with Crippen LogP contribution < -0.4 is 25.2 Å². The second-order valence-corrected chi connectivity index (χ2v) is 20.4. The molecule has 4 aromatic carbocycles. The Morgan fingerprint density at radius 3 is 2.43 bits per heavy atom. The molecule has 3 saturated heterocycles. The van der Waals surface area contributed by atoms with E-state index in [1.165, 1.54) is 16.9 Å². The fourth-order valence-corrected chi connectivity index (χ4v) is 11.8. The fourth-order valence-electron chi connectivity index (χ4n) is 11.0. The number of aromatic carboxylic acids is 1. The highest BCUT2D eigenvalue weighted by atomic mass is 32.1. The molecule has 11 rings (SSSR count). The monoisotopic (exact) mass is 986 g/mol. The highest BCUT2D eigenvalue weighted by Gasteiger charge is 2.32. The average molecular weight is 987 g/mol. The third-order valence-electron chi connectivity index (χ3n) is 15.0. The second-order valence-electron chi connectivity index (χ2n) is 19.4. The van der Waals surface area contributed by atoms with E-state index in [1.54, 1.807) is 6.07 Å². The summed E-state index contributed by atoms with van der Waals surface area (Å²) in [5.74, 6) is -0.562. The molecule has 3 N–H and O–H groups in total. The second kappa shape index (κ2) is 20.5. The quantitative estimate of drug-likeness (QED) is 0.0910. The summed E-state index contributed by atoms with van der Waals surface area (Å²) in [4.78, 5) is 69.4. The van der Waals surface area contributed by atoms with Gasteiger partial charge in [0.05, 0.1) is 27.3 Å². The van der Waals surface area contributed by atoms with Crippen molar-refractivity contribution in [3.8, 4) is 5.75 Å². The lowest BCUT2D eigenvalue weighted by atomic mass is 9.89. The topological polar surface area (TPSA) is 178 Å². The Hall–Kier alpha value is -7.21. The SMILES string of the molecule is Cn1nc(C2CCC(=O)NC2=O)c2ccc(N3CCN(CCCN4CCC(c5cccc(OCc6ccc(N7CCc8cccc(C(=O)Nc9nc%10ccccc%10s9)c8C7)nc6C(=O)O)c5)CC4)CC3)cc21. The molecule has 0 radical (unpaired) electrons. The first-order valence-corrected chi connectivity index (χ1v) is 25.9. The molecule has 0 bridgehead atoms. The Bertz CT molecular complexity index is 3160. The van der Waals surface area contributed by atoms with Gasteiger partial charge in [0.25, 0.3) is 5.91 Å². The smallest absolute Gasteiger partial charge is 0.354 e. The molecule has 7 heterocycles. The lowest BCUT2D eigenvalue weighted by Crippen LogP contribution is -2.47. The zero-order chi connectivity index (χ0) is 49.3. The van der Waals surface area contributed by atoms with E-state index < -0.39 is 11.9 Å². The third-order valence-corrected chi connectivity index (χ3v) is 15.9. The zero-order valence-corrected chi connectivity index (χ0v) is 41.2. The number of hydrogen-bond acceptors (Lipinski definition) is 13. The van der Waals surface area contributed by atoms with Crippen LogP contribution in [0.1, 0.15) is 92.7 Å². The molecule has 17 heteroatoms. The van der Waals surface area contributed by atoms with Gasteiger partial charge < -0.3 is 24.5 Å². The van der Waals surface area contributed by atoms with Crippen molar-refractivity contribution in [2.45, 2.75) is 63.5 Å². The number of carboxylic acids is 1. The van der Waals surface area contributed by atoms with Crippen LogP contribution in [0.5, 0.6) is 5.75 Å². The number of carboxylic acid groups (broad SMARTS) is 1. The maximum absolute atomic E-state index is 13.6. The molecule has 1 unspecified atom stereocenters. The van der Waals surface area contributed by atoms with Crippen LogP contribution in [0.4, 0.5) is 16.6 Å². The van der Waals surface area contributed by atoms with E-state index >= 15 is 0 Å². The van der Waals surface area contributed by atoms with Gasteiger partial charge in [0.15, 0.2) is 10.8 Å². The Labute approximate surface area is 421 Å². The number of likely N-dealkylation sites (tertiary alicyclic amines) is 1. The summed E-state index contributed by atoms with van der Waals surface area (Å²) in [5.41, 5.74) is 7.97. The van der Waals surface area contributed by atoms with Gasteiger partial charge in [0.1, 0.15) is 18.2 Å². The summed E-state index contributed by atoms with van der Waals surface area (Å²) in [6.45, 7) is 9.30. The van der Waals surface area contributed by atoms with Crippen LogP contribution in [0.2, 0.25) is 0 Å². The van der Waals surface area contributed by atoms with Gasteiger partial charge in [-0.2, -0.15) is 5.10 Å². The number of benzene rings is 4. The van der Waals surface area contributed by atoms with Crippen LogP contribution in [0.3, 0.4) is 0 Å². The number of amides is 3. The van der Waals surface area contributed by atoms with Gasteiger partial charge in [-0.05, 0) is 142 Å². The molecule has 3 aromatic heterocycles. The number of carbonyl (C=O) groups is 4. The van der Waals surface area contributed by atoms with Gasteiger partial charge in [-0.15, -0.1) is 0 Å². The first kappa shape index (κ1) is 47.1. The number of nitrogens with one attached hydrogen (secondary N) is 2. The van der Waals surface area contributed by atoms with E-state index in [1.807, 2.05) is 77.3 Å². The molecule has 3 amide bonds. The highest BCUT2D eigenvalue weighted by molar-refractivity contribution is 7.22. The molecular formula is C55H58N10O6S. The van der Waals surface area contributed by atoms with Crippen molar-refractivity contribution in [3.63, 3.8) is 0 Å². The number of ether oxygens (including phenoxy) is 1. The number of thiazole rings is 1. The van der Waals surface area contributed by atoms with Crippen LogP contribution in [0, 0.1) is 0 Å². The van der Waals surface area contributed by atoms with Crippen molar-refractivity contribution in [3.05, 3.63) is 136 Å². The number of imide groups is 1. The molecule has 0 spiro atoms. The number of hydrogen-bond donors (Lipinski definition) is 3. The molecule has 4 aliphatic heterocycles. The molecule has 72 heavy (non-hydrogen) atoms. The van der Waals surface area contributed by atoms with Gasteiger partial charge in [-0.1, -0.05) is 47.7 Å². The van der Waals surface area contributed by atoms with E-state index in [0.717, 1.165) is 115 Å². The molecule has 4 aliphatic rings. The largest absolute Gasteiger partial charge is 0.489 e. The summed E-state index contributed by atoms with van der Waals surface area (Å²) in [7, 11) is 1.92. The lowest BCUT2D eigenvalue weighted by molar-refractivity contribution is -0.134. The van der Waals surface area contributed by atoms with E-state index in [0.29, 0.717) is 66.1 Å². The molecule has 0 aliphatic carbocycles. The Balaban J connectivity index is 0.637. The van der Waals surface area contributed by atoms with Gasteiger partial charge in [-0.3, -0.25) is 34.6 Å². The summed E-state index contributed by atoms with van der Waals surface area (Å²) in [5, 5.41) is 22.0. The zero-order valence-electron chi connectivity index (χ0n) is 40.4. The predicted octanol–water partition coefficient (Wildman–Crippen LogP) is 7.58. The Morgan fingerprint density at radius 1 is 0.819 bits per heavy atom. The van der Waals surface area contributed by atoms with Gasteiger partial charge in [-0.25, -0.2) is 14.8 Å². The fraction of sp³-hybridized carbons (Fsp3) is 0.364. The van der Waals surface area contributed by atoms with Crippen molar-refractivity contribution in [2.75, 3.05) is 74.0 Å². The summed E-state index contributed by atoms with van der Waals surface area (Å²) in [6, 6.07) is 31.8. The lowest BCUT2D eigenvalue weighted by Gasteiger charge is -2.37. The van der Waals surface area contributed by atoms with Crippen LogP contribution in [0.25, 0.3) is 21.1 Å². The van der Waals surface area contributed by atoms with Gasteiger partial charge in [0.2, 0.25) is 11.8 Å². The van der Waals surface area contributed by atoms with Gasteiger partial charge >= 0.3 is 5.97 Å². The minimum atomic E-state index is -1.12. The van der Waals surface area contributed by atoms with Crippen LogP contribution >= 0.6 is 11.3 Å². The molecule has 1 atom stereocenters. The van der Waals surface area contributed by atoms with Crippen LogP contribution in [-0.4, -0.2) is 117 Å². The van der Waals surface area contributed by atoms with Crippen molar-refractivity contribution >= 4 is 72.8 Å². The standard InChI is InChI=1S/C55H58N10O6S/c1-61-46-32-39(14-15-42(46)51(60-61)43-16-18-49(66)58-53(43)68)64-29-27-63(28-30-64)23-6-22-62-24-19-35(20-25-62)37-8-4-9-40(31-37)71-34-38-13-17-48(57-50(38)54(69)70)65-26-21-36-7-5-10-41(44(36)33-65)52(67)59-55-56-45-11-2-3-12-47(45)72-55/h2-5,7-15,17,31-32,35,43H,6,16,18-30,33-34H2,1H3,(H,69,70)(H,56,59,67)(H,58,66,68). The van der Waals surface area contributed by atoms with Crippen LogP contribution in [0.15, 0.2) is 97.1 Å². The number of piperidine rings is 2. The molecule has 3 fully saturated rings. The number of pyridine rings is 1. The Morgan fingerprint density at radius 2 is 1.62 bits per heavy atom. The van der Waals surface area contributed by atoms with Crippen LogP contribution in [-0.2, 0) is 36.2 Å². The Kier molecular flexibility index (Phi) is 13.4. The van der Waals surface area contributed by atoms with Crippen molar-refractivity contribution in [1.82, 2.24) is 34.9 Å². The summed E-state index contributed by atoms with van der Waals surface area (Å²) in [6.07, 6.45) is 4.78. The maximum Gasteiger partial charge on any atom is 0.354 e. The number of nitrogens with zero attached hydrogens (tertiary/aromatic N) is 8. The van der Waals surface area contributed by atoms with Crippen molar-refractivity contribution in [2.24, 2.45) is 7.05 Å². The average Bonchev–Trinajstić information content (AvgIpc) is 3.97. The van der Waals surface area contributed by atoms with Crippen molar-refractivity contribution < 1.29 is 29.0 Å². The highest BCUT2D eigenvalue weighted by Crippen LogP contribution is 2.35. The number of aryl methyl sites for hydroxylation is 1. The molecule has 16 nitrogen and oxygen atoms in total. The van der Waals surface area contributed by atoms with Gasteiger partial charge in [0, 0.05) is 74.9 Å². The van der Waals surface area contributed by atoms with E-state index in [-0.39, 0.29) is 30.0 Å². The minimum Gasteiger partial charge on any atom is -0.489 e. The molecule has 370 valence electrons. The number of piperazine rings is 1. The predicted molar refractivity (Wildman–Crippen MR) is 278 cm³/mol. The summed E-state index contributed by atoms with van der Waals surface area (Å²) >= 11 is 1.43. The third kappa shape index (κ3) is 10.0. The molecule has 0 saturated carbocycles. The minimum absolute atomic E-state index is 0.0467. The normalized spacial score (nSPS) is 18.1. The van der Waals surface area contributed by atoms with E-state index in [9.17, 15) is 24.3 Å². The van der Waals surface area contributed by atoms with E-state index in [4.69, 9.17) is 9.84 Å².